The van der Waals surface area contributed by atoms with E-state index in [-0.39, 0.29) is 17.1 Å². The van der Waals surface area contributed by atoms with E-state index in [1.807, 2.05) is 30.3 Å². The van der Waals surface area contributed by atoms with E-state index in [0.29, 0.717) is 11.3 Å². The lowest BCUT2D eigenvalue weighted by molar-refractivity contribution is -0.384. The van der Waals surface area contributed by atoms with E-state index in [2.05, 4.69) is 15.5 Å². The average molecular weight is 394 g/mol. The Kier molecular flexibility index (Phi) is 5.68. The normalized spacial score (nSPS) is 10.4. The third kappa shape index (κ3) is 4.46. The smallest absolute Gasteiger partial charge is 0.356 e. The number of hydrogen-bond acceptors (Lipinski definition) is 6. The maximum Gasteiger partial charge on any atom is 0.356 e. The fourth-order valence-corrected chi connectivity index (χ4v) is 2.68. The third-order valence-electron chi connectivity index (χ3n) is 4.38. The predicted molar refractivity (Wildman–Crippen MR) is 106 cm³/mol. The number of nitro groups is 1. The molecular formula is C20H18N4O5. The van der Waals surface area contributed by atoms with Gasteiger partial charge in [-0.3, -0.25) is 20.0 Å². The maximum absolute atomic E-state index is 12.2. The van der Waals surface area contributed by atoms with Crippen LogP contribution in [0.3, 0.4) is 0 Å². The zero-order valence-corrected chi connectivity index (χ0v) is 15.8. The highest BCUT2D eigenvalue weighted by atomic mass is 16.6. The first kappa shape index (κ1) is 19.7. The molecule has 1 aromatic heterocycles. The van der Waals surface area contributed by atoms with Crippen molar-refractivity contribution >= 4 is 23.3 Å². The molecular weight excluding hydrogens is 376 g/mol. The number of benzene rings is 2. The number of aryl methyl sites for hydroxylation is 1. The van der Waals surface area contributed by atoms with E-state index in [9.17, 15) is 19.7 Å². The molecule has 0 spiro atoms. The molecule has 3 rings (SSSR count). The van der Waals surface area contributed by atoms with Gasteiger partial charge in [-0.15, -0.1) is 0 Å². The van der Waals surface area contributed by atoms with E-state index in [4.69, 9.17) is 4.74 Å². The van der Waals surface area contributed by atoms with Crippen molar-refractivity contribution in [3.05, 3.63) is 75.5 Å². The monoisotopic (exact) mass is 394 g/mol. The number of nitrogens with zero attached hydrogens (tertiary/aromatic N) is 2. The van der Waals surface area contributed by atoms with Crippen LogP contribution in [0.2, 0.25) is 0 Å². The lowest BCUT2D eigenvalue weighted by Crippen LogP contribution is -2.22. The second-order valence-corrected chi connectivity index (χ2v) is 6.32. The van der Waals surface area contributed by atoms with Gasteiger partial charge in [0, 0.05) is 11.6 Å². The van der Waals surface area contributed by atoms with Crippen LogP contribution in [0, 0.1) is 24.0 Å². The molecule has 0 aliphatic heterocycles. The van der Waals surface area contributed by atoms with Gasteiger partial charge in [0.05, 0.1) is 10.6 Å². The largest absolute Gasteiger partial charge is 0.451 e. The van der Waals surface area contributed by atoms with Crippen LogP contribution in [0.25, 0.3) is 11.3 Å². The molecule has 0 aliphatic carbocycles. The van der Waals surface area contributed by atoms with Crippen molar-refractivity contribution in [3.63, 3.8) is 0 Å². The van der Waals surface area contributed by atoms with Gasteiger partial charge in [-0.2, -0.15) is 5.10 Å². The fourth-order valence-electron chi connectivity index (χ4n) is 2.68. The number of aromatic amines is 1. The number of amides is 1. The summed E-state index contributed by atoms with van der Waals surface area (Å²) in [6.07, 6.45) is 0. The number of carbonyl (C=O) groups excluding carboxylic acids is 2. The molecule has 0 unspecified atom stereocenters. The van der Waals surface area contributed by atoms with Crippen molar-refractivity contribution in [2.75, 3.05) is 11.9 Å². The summed E-state index contributed by atoms with van der Waals surface area (Å²) in [5, 5.41) is 20.3. The van der Waals surface area contributed by atoms with Gasteiger partial charge in [0.25, 0.3) is 11.6 Å². The second-order valence-electron chi connectivity index (χ2n) is 6.32. The molecule has 148 valence electrons. The van der Waals surface area contributed by atoms with E-state index in [1.54, 1.807) is 19.9 Å². The van der Waals surface area contributed by atoms with Crippen LogP contribution in [-0.4, -0.2) is 33.6 Å². The maximum atomic E-state index is 12.2. The Morgan fingerprint density at radius 1 is 1.17 bits per heavy atom. The van der Waals surface area contributed by atoms with Crippen LogP contribution in [0.4, 0.5) is 11.4 Å². The molecule has 29 heavy (non-hydrogen) atoms. The number of esters is 1. The number of nitrogens with one attached hydrogen (secondary N) is 2. The molecule has 0 atom stereocenters. The Bertz CT molecular complexity index is 1080. The summed E-state index contributed by atoms with van der Waals surface area (Å²) in [6, 6.07) is 13.7. The van der Waals surface area contributed by atoms with Gasteiger partial charge in [0.2, 0.25) is 0 Å². The van der Waals surface area contributed by atoms with Crippen molar-refractivity contribution in [2.45, 2.75) is 13.8 Å². The molecule has 2 aromatic carbocycles. The lowest BCUT2D eigenvalue weighted by atomic mass is 10.1. The topological polar surface area (TPSA) is 127 Å². The summed E-state index contributed by atoms with van der Waals surface area (Å²) in [7, 11) is 0. The zero-order chi connectivity index (χ0) is 21.0. The molecule has 9 heteroatoms. The fraction of sp³-hybridized carbons (Fsp3) is 0.150. The molecule has 1 heterocycles. The van der Waals surface area contributed by atoms with Crippen LogP contribution < -0.4 is 5.32 Å². The van der Waals surface area contributed by atoms with Crippen LogP contribution >= 0.6 is 0 Å². The van der Waals surface area contributed by atoms with Gasteiger partial charge in [-0.05, 0) is 31.0 Å². The van der Waals surface area contributed by atoms with E-state index in [0.717, 1.165) is 11.1 Å². The van der Waals surface area contributed by atoms with Crippen molar-refractivity contribution < 1.29 is 19.2 Å². The molecule has 0 saturated heterocycles. The van der Waals surface area contributed by atoms with Gasteiger partial charge in [0.1, 0.15) is 11.4 Å². The number of rotatable bonds is 6. The van der Waals surface area contributed by atoms with Gasteiger partial charge in [-0.25, -0.2) is 4.79 Å². The molecule has 3 aromatic rings. The minimum Gasteiger partial charge on any atom is -0.451 e. The number of H-pyrrole nitrogens is 1. The molecule has 0 fully saturated rings. The molecule has 0 aliphatic rings. The summed E-state index contributed by atoms with van der Waals surface area (Å²) in [6.45, 7) is 2.85. The highest BCUT2D eigenvalue weighted by Crippen LogP contribution is 2.30. The van der Waals surface area contributed by atoms with Crippen LogP contribution in [-0.2, 0) is 9.53 Å². The summed E-state index contributed by atoms with van der Waals surface area (Å²) < 4.78 is 4.99. The highest BCUT2D eigenvalue weighted by Gasteiger charge is 2.20. The number of hydrogen-bond donors (Lipinski definition) is 2. The quantitative estimate of drug-likeness (QED) is 0.375. The van der Waals surface area contributed by atoms with Crippen molar-refractivity contribution in [3.8, 4) is 11.3 Å². The molecule has 0 radical (unpaired) electrons. The summed E-state index contributed by atoms with van der Waals surface area (Å²) >= 11 is 0. The summed E-state index contributed by atoms with van der Waals surface area (Å²) in [4.78, 5) is 35.0. The first-order valence-electron chi connectivity index (χ1n) is 8.69. The predicted octanol–water partition coefficient (Wildman–Crippen LogP) is 3.40. The number of anilines is 1. The molecule has 9 nitrogen and oxygen atoms in total. The summed E-state index contributed by atoms with van der Waals surface area (Å²) in [5.74, 6) is -1.44. The lowest BCUT2D eigenvalue weighted by Gasteiger charge is -2.11. The minimum atomic E-state index is -0.759. The van der Waals surface area contributed by atoms with E-state index >= 15 is 0 Å². The van der Waals surface area contributed by atoms with E-state index in [1.165, 1.54) is 12.1 Å². The van der Waals surface area contributed by atoms with Crippen LogP contribution in [0.5, 0.6) is 0 Å². The number of aromatic nitrogens is 2. The standard InChI is InChI=1S/C20H18N4O5/c1-12-8-9-17(24(27)28)19(13(12)2)21-18(25)11-29-20(26)16-10-15(22-23-16)14-6-4-3-5-7-14/h3-10H,11H2,1-2H3,(H,21,25)(H,22,23). The second kappa shape index (κ2) is 8.34. The molecule has 1 amide bonds. The Morgan fingerprint density at radius 3 is 2.59 bits per heavy atom. The number of ether oxygens (including phenoxy) is 1. The van der Waals surface area contributed by atoms with Crippen molar-refractivity contribution in [1.82, 2.24) is 10.2 Å². The van der Waals surface area contributed by atoms with E-state index < -0.39 is 23.4 Å². The molecule has 0 saturated carbocycles. The average Bonchev–Trinajstić information content (AvgIpc) is 3.20. The first-order valence-corrected chi connectivity index (χ1v) is 8.69. The molecule has 2 N–H and O–H groups in total. The first-order chi connectivity index (χ1) is 13.9. The zero-order valence-electron chi connectivity index (χ0n) is 15.8. The van der Waals surface area contributed by atoms with Gasteiger partial charge in [-0.1, -0.05) is 36.4 Å². The van der Waals surface area contributed by atoms with Crippen LogP contribution in [0.1, 0.15) is 21.6 Å². The number of carbonyl (C=O) groups is 2. The Morgan fingerprint density at radius 2 is 1.90 bits per heavy atom. The van der Waals surface area contributed by atoms with Crippen LogP contribution in [0.15, 0.2) is 48.5 Å². The van der Waals surface area contributed by atoms with Crippen molar-refractivity contribution in [2.24, 2.45) is 0 Å². The molecule has 0 bridgehead atoms. The number of nitro benzene ring substituents is 1. The Balaban J connectivity index is 1.65. The minimum absolute atomic E-state index is 0.0870. The Labute approximate surface area is 165 Å². The third-order valence-corrected chi connectivity index (χ3v) is 4.38. The SMILES string of the molecule is Cc1ccc([N+](=O)[O-])c(NC(=O)COC(=O)c2cc(-c3ccccc3)n[nH]2)c1C. The van der Waals surface area contributed by atoms with Gasteiger partial charge in [0.15, 0.2) is 6.61 Å². The van der Waals surface area contributed by atoms with Crippen molar-refractivity contribution in [1.29, 1.82) is 0 Å². The van der Waals surface area contributed by atoms with Gasteiger partial charge < -0.3 is 10.1 Å². The summed E-state index contributed by atoms with van der Waals surface area (Å²) in [5.41, 5.74) is 2.69. The highest BCUT2D eigenvalue weighted by molar-refractivity contribution is 5.97. The van der Waals surface area contributed by atoms with Gasteiger partial charge >= 0.3 is 5.97 Å². The Hall–Kier alpha value is -4.01.